The second-order valence-electron chi connectivity index (χ2n) is 8.58. The SMILES string of the molecule is CN(C)CCNS(=O)(=O)c1ccc(N2CCCC(C(=O)NCC3CC3)C2)c([N+](=O)[O-])c1. The van der Waals surface area contributed by atoms with Gasteiger partial charge in [-0.05, 0) is 57.8 Å². The van der Waals surface area contributed by atoms with E-state index >= 15 is 0 Å². The number of hydrogen-bond donors (Lipinski definition) is 2. The Morgan fingerprint density at radius 3 is 2.68 bits per heavy atom. The van der Waals surface area contributed by atoms with Crippen LogP contribution in [0.2, 0.25) is 0 Å². The van der Waals surface area contributed by atoms with Crippen molar-refractivity contribution < 1.29 is 18.1 Å². The molecule has 1 aliphatic heterocycles. The van der Waals surface area contributed by atoms with Crippen molar-refractivity contribution in [1.82, 2.24) is 14.9 Å². The van der Waals surface area contributed by atoms with Crippen LogP contribution in [0.15, 0.2) is 23.1 Å². The summed E-state index contributed by atoms with van der Waals surface area (Å²) in [5.41, 5.74) is 0.0754. The second kappa shape index (κ2) is 9.92. The molecule has 1 saturated heterocycles. The molecular weight excluding hydrogens is 422 g/mol. The van der Waals surface area contributed by atoms with Crippen molar-refractivity contribution in [3.63, 3.8) is 0 Å². The molecule has 1 saturated carbocycles. The predicted octanol–water partition coefficient (Wildman–Crippen LogP) is 1.18. The van der Waals surface area contributed by atoms with Crippen molar-refractivity contribution in [2.75, 3.05) is 51.7 Å². The van der Waals surface area contributed by atoms with Gasteiger partial charge in [-0.1, -0.05) is 0 Å². The van der Waals surface area contributed by atoms with E-state index in [-0.39, 0.29) is 29.0 Å². The Bertz CT molecular complexity index is 917. The average molecular weight is 454 g/mol. The number of amides is 1. The van der Waals surface area contributed by atoms with E-state index in [0.717, 1.165) is 31.7 Å². The van der Waals surface area contributed by atoms with Crippen molar-refractivity contribution in [2.24, 2.45) is 11.8 Å². The van der Waals surface area contributed by atoms with Crippen LogP contribution in [-0.2, 0) is 14.8 Å². The molecule has 1 aliphatic carbocycles. The van der Waals surface area contributed by atoms with Crippen molar-refractivity contribution in [2.45, 2.75) is 30.6 Å². The lowest BCUT2D eigenvalue weighted by atomic mass is 9.96. The Balaban J connectivity index is 1.74. The van der Waals surface area contributed by atoms with E-state index in [9.17, 15) is 23.3 Å². The summed E-state index contributed by atoms with van der Waals surface area (Å²) in [6.07, 6.45) is 3.79. The van der Waals surface area contributed by atoms with Crippen LogP contribution in [0.5, 0.6) is 0 Å². The lowest BCUT2D eigenvalue weighted by Crippen LogP contribution is -2.43. The zero-order valence-electron chi connectivity index (χ0n) is 18.0. The number of benzene rings is 1. The molecule has 2 aliphatic rings. The van der Waals surface area contributed by atoms with Crippen LogP contribution in [0.25, 0.3) is 0 Å². The van der Waals surface area contributed by atoms with Gasteiger partial charge in [0, 0.05) is 38.8 Å². The van der Waals surface area contributed by atoms with E-state index in [1.54, 1.807) is 0 Å². The molecule has 31 heavy (non-hydrogen) atoms. The molecule has 1 aromatic rings. The largest absolute Gasteiger partial charge is 0.365 e. The van der Waals surface area contributed by atoms with Gasteiger partial charge < -0.3 is 15.1 Å². The summed E-state index contributed by atoms with van der Waals surface area (Å²) >= 11 is 0. The van der Waals surface area contributed by atoms with E-state index in [2.05, 4.69) is 10.0 Å². The molecule has 1 aromatic carbocycles. The van der Waals surface area contributed by atoms with Crippen molar-refractivity contribution in [3.05, 3.63) is 28.3 Å². The quantitative estimate of drug-likeness (QED) is 0.402. The monoisotopic (exact) mass is 453 g/mol. The second-order valence-corrected chi connectivity index (χ2v) is 10.3. The maximum Gasteiger partial charge on any atom is 0.293 e. The Morgan fingerprint density at radius 1 is 1.29 bits per heavy atom. The van der Waals surface area contributed by atoms with E-state index in [0.29, 0.717) is 37.8 Å². The van der Waals surface area contributed by atoms with E-state index < -0.39 is 14.9 Å². The molecule has 172 valence electrons. The first-order chi connectivity index (χ1) is 14.7. The number of piperidine rings is 1. The van der Waals surface area contributed by atoms with Gasteiger partial charge in [0.1, 0.15) is 5.69 Å². The predicted molar refractivity (Wildman–Crippen MR) is 118 cm³/mol. The highest BCUT2D eigenvalue weighted by Crippen LogP contribution is 2.34. The maximum absolute atomic E-state index is 12.5. The van der Waals surface area contributed by atoms with Crippen LogP contribution in [0, 0.1) is 22.0 Å². The van der Waals surface area contributed by atoms with Crippen LogP contribution in [0.3, 0.4) is 0 Å². The summed E-state index contributed by atoms with van der Waals surface area (Å²) < 4.78 is 27.5. The van der Waals surface area contributed by atoms with E-state index in [1.165, 1.54) is 12.1 Å². The maximum atomic E-state index is 12.5. The summed E-state index contributed by atoms with van der Waals surface area (Å²) in [7, 11) is -0.206. The fourth-order valence-corrected chi connectivity index (χ4v) is 4.73. The lowest BCUT2D eigenvalue weighted by molar-refractivity contribution is -0.384. The molecule has 1 heterocycles. The van der Waals surface area contributed by atoms with Gasteiger partial charge in [-0.25, -0.2) is 13.1 Å². The summed E-state index contributed by atoms with van der Waals surface area (Å²) in [6, 6.07) is 3.96. The lowest BCUT2D eigenvalue weighted by Gasteiger charge is -2.33. The molecule has 1 unspecified atom stereocenters. The third-order valence-electron chi connectivity index (χ3n) is 5.70. The van der Waals surface area contributed by atoms with Crippen molar-refractivity contribution in [3.8, 4) is 0 Å². The summed E-state index contributed by atoms with van der Waals surface area (Å²) in [5.74, 6) is 0.345. The molecule has 10 nitrogen and oxygen atoms in total. The fraction of sp³-hybridized carbons (Fsp3) is 0.650. The Kier molecular flexibility index (Phi) is 7.50. The molecule has 1 amide bonds. The Hall–Kier alpha value is -2.24. The normalized spacial score (nSPS) is 19.5. The number of nitro groups is 1. The molecule has 11 heteroatoms. The molecule has 0 bridgehead atoms. The van der Waals surface area contributed by atoms with Crippen LogP contribution in [-0.4, -0.2) is 71.0 Å². The number of sulfonamides is 1. The highest BCUT2D eigenvalue weighted by Gasteiger charge is 2.31. The van der Waals surface area contributed by atoms with Gasteiger partial charge in [0.15, 0.2) is 0 Å². The number of nitrogens with one attached hydrogen (secondary N) is 2. The summed E-state index contributed by atoms with van der Waals surface area (Å²) in [6.45, 7) is 2.37. The fourth-order valence-electron chi connectivity index (χ4n) is 3.69. The Labute approximate surface area is 183 Å². The van der Waals surface area contributed by atoms with Gasteiger partial charge in [-0.15, -0.1) is 0 Å². The van der Waals surface area contributed by atoms with Crippen LogP contribution in [0.1, 0.15) is 25.7 Å². The van der Waals surface area contributed by atoms with Gasteiger partial charge in [-0.2, -0.15) is 0 Å². The van der Waals surface area contributed by atoms with Gasteiger partial charge in [0.25, 0.3) is 5.69 Å². The Morgan fingerprint density at radius 2 is 2.03 bits per heavy atom. The molecule has 3 rings (SSSR count). The first-order valence-corrected chi connectivity index (χ1v) is 12.1. The number of carbonyl (C=O) groups is 1. The molecule has 0 spiro atoms. The summed E-state index contributed by atoms with van der Waals surface area (Å²) in [5, 5.41) is 14.7. The van der Waals surface area contributed by atoms with Crippen molar-refractivity contribution >= 4 is 27.3 Å². The molecule has 2 N–H and O–H groups in total. The van der Waals surface area contributed by atoms with Crippen LogP contribution in [0.4, 0.5) is 11.4 Å². The molecule has 1 atom stereocenters. The van der Waals surface area contributed by atoms with Gasteiger partial charge in [-0.3, -0.25) is 14.9 Å². The third kappa shape index (κ3) is 6.37. The number of carbonyl (C=O) groups excluding carboxylic acids is 1. The smallest absolute Gasteiger partial charge is 0.293 e. The third-order valence-corrected chi connectivity index (χ3v) is 7.16. The van der Waals surface area contributed by atoms with E-state index in [1.807, 2.05) is 23.9 Å². The number of rotatable bonds is 10. The molecule has 2 fully saturated rings. The van der Waals surface area contributed by atoms with E-state index in [4.69, 9.17) is 0 Å². The minimum atomic E-state index is -3.86. The number of likely N-dealkylation sites (N-methyl/N-ethyl adjacent to an activating group) is 1. The number of anilines is 1. The van der Waals surface area contributed by atoms with Crippen molar-refractivity contribution in [1.29, 1.82) is 0 Å². The number of nitrogens with zero attached hydrogens (tertiary/aromatic N) is 3. The van der Waals surface area contributed by atoms with Gasteiger partial charge in [0.05, 0.1) is 15.7 Å². The van der Waals surface area contributed by atoms with Gasteiger partial charge in [0.2, 0.25) is 15.9 Å². The minimum Gasteiger partial charge on any atom is -0.365 e. The summed E-state index contributed by atoms with van der Waals surface area (Å²) in [4.78, 5) is 27.2. The molecule has 0 aromatic heterocycles. The average Bonchev–Trinajstić information content (AvgIpc) is 3.55. The van der Waals surface area contributed by atoms with Crippen LogP contribution >= 0.6 is 0 Å². The zero-order valence-corrected chi connectivity index (χ0v) is 18.9. The first kappa shape index (κ1) is 23.4. The standard InChI is InChI=1S/C20H31N5O5S/c1-23(2)11-9-22-31(29,30)17-7-8-18(19(12-17)25(27)28)24-10-3-4-16(14-24)20(26)21-13-15-5-6-15/h7-8,12,15-16,22H,3-6,9-11,13-14H2,1-2H3,(H,21,26). The topological polar surface area (TPSA) is 125 Å². The number of nitro benzene ring substituents is 1. The van der Waals surface area contributed by atoms with Gasteiger partial charge >= 0.3 is 0 Å². The molecule has 0 radical (unpaired) electrons. The van der Waals surface area contributed by atoms with Crippen LogP contribution < -0.4 is 14.9 Å². The number of hydrogen-bond acceptors (Lipinski definition) is 7. The minimum absolute atomic E-state index is 0.0106. The highest BCUT2D eigenvalue weighted by molar-refractivity contribution is 7.89. The highest BCUT2D eigenvalue weighted by atomic mass is 32.2. The first-order valence-electron chi connectivity index (χ1n) is 10.6. The zero-order chi connectivity index (χ0) is 22.6. The molecular formula is C20H31N5O5S.